The molecule has 3 amide bonds. The minimum Gasteiger partial charge on any atom is -0.444 e. The van der Waals surface area contributed by atoms with Crippen LogP contribution in [0.15, 0.2) is 0 Å². The van der Waals surface area contributed by atoms with Gasteiger partial charge in [-0.05, 0) is 53.9 Å². The van der Waals surface area contributed by atoms with E-state index in [-0.39, 0.29) is 12.5 Å². The average molecular weight is 402 g/mol. The van der Waals surface area contributed by atoms with E-state index in [9.17, 15) is 19.2 Å². The summed E-state index contributed by atoms with van der Waals surface area (Å²) in [7, 11) is 0. The van der Waals surface area contributed by atoms with Gasteiger partial charge in [-0.1, -0.05) is 13.8 Å². The van der Waals surface area contributed by atoms with E-state index in [4.69, 9.17) is 9.47 Å². The molecular weight excluding hydrogens is 366 g/mol. The molecule has 0 saturated carbocycles. The first-order valence-electron chi connectivity index (χ1n) is 9.35. The lowest BCUT2D eigenvalue weighted by Gasteiger charge is -2.25. The number of carbonyl (C=O) groups is 4. The average Bonchev–Trinajstić information content (AvgIpc) is 2.46. The summed E-state index contributed by atoms with van der Waals surface area (Å²) in [6.07, 6.45) is -0.451. The van der Waals surface area contributed by atoms with E-state index in [0.29, 0.717) is 12.7 Å². The molecule has 0 aromatic heterocycles. The van der Waals surface area contributed by atoms with Crippen molar-refractivity contribution >= 4 is 24.4 Å². The Labute approximate surface area is 167 Å². The molecule has 0 saturated heterocycles. The first-order valence-corrected chi connectivity index (χ1v) is 9.35. The number of alkyl carbamates (subject to hydrolysis) is 2. The molecule has 162 valence electrons. The zero-order valence-electron chi connectivity index (χ0n) is 18.2. The summed E-state index contributed by atoms with van der Waals surface area (Å²) in [6, 6.07) is -1.84. The van der Waals surface area contributed by atoms with Crippen LogP contribution in [0.2, 0.25) is 0 Å². The fourth-order valence-corrected chi connectivity index (χ4v) is 2.10. The largest absolute Gasteiger partial charge is 0.444 e. The summed E-state index contributed by atoms with van der Waals surface area (Å²) < 4.78 is 10.3. The van der Waals surface area contributed by atoms with E-state index in [1.807, 2.05) is 13.8 Å². The van der Waals surface area contributed by atoms with Crippen LogP contribution in [0.25, 0.3) is 0 Å². The van der Waals surface area contributed by atoms with Gasteiger partial charge in [0.05, 0.1) is 12.6 Å². The van der Waals surface area contributed by atoms with E-state index >= 15 is 0 Å². The molecule has 0 rings (SSSR count). The van der Waals surface area contributed by atoms with Gasteiger partial charge >= 0.3 is 12.2 Å². The van der Waals surface area contributed by atoms with Gasteiger partial charge in [0.25, 0.3) is 0 Å². The first-order chi connectivity index (χ1) is 12.6. The van der Waals surface area contributed by atoms with Gasteiger partial charge in [-0.15, -0.1) is 0 Å². The van der Waals surface area contributed by atoms with Crippen LogP contribution in [0.1, 0.15) is 61.8 Å². The molecule has 0 aliphatic carbocycles. The predicted molar refractivity (Wildman–Crippen MR) is 105 cm³/mol. The van der Waals surface area contributed by atoms with Crippen molar-refractivity contribution in [2.24, 2.45) is 5.92 Å². The number of rotatable bonds is 8. The molecule has 0 radical (unpaired) electrons. The summed E-state index contributed by atoms with van der Waals surface area (Å²) >= 11 is 0. The van der Waals surface area contributed by atoms with Crippen LogP contribution in [-0.2, 0) is 19.1 Å². The summed E-state index contributed by atoms with van der Waals surface area (Å²) in [5, 5.41) is 7.42. The molecular formula is C19H35N3O6. The van der Waals surface area contributed by atoms with Crippen LogP contribution in [0.5, 0.6) is 0 Å². The van der Waals surface area contributed by atoms with Gasteiger partial charge in [0.2, 0.25) is 5.91 Å². The van der Waals surface area contributed by atoms with Crippen molar-refractivity contribution in [1.29, 1.82) is 0 Å². The Morgan fingerprint density at radius 3 is 1.82 bits per heavy atom. The maximum Gasteiger partial charge on any atom is 0.408 e. The highest BCUT2D eigenvalue weighted by molar-refractivity contribution is 5.88. The SMILES string of the molecule is CC(C)CC(C=O)NC(=O)C(CNC(=O)OC(C)(C)C)NC(=O)OC(C)(C)C. The molecule has 0 spiro atoms. The molecule has 0 fully saturated rings. The zero-order valence-corrected chi connectivity index (χ0v) is 18.2. The first kappa shape index (κ1) is 25.7. The second-order valence-electron chi connectivity index (χ2n) is 8.96. The van der Waals surface area contributed by atoms with E-state index in [1.165, 1.54) is 0 Å². The number of aldehydes is 1. The van der Waals surface area contributed by atoms with Crippen molar-refractivity contribution in [2.75, 3.05) is 6.54 Å². The molecule has 2 atom stereocenters. The van der Waals surface area contributed by atoms with Crippen LogP contribution in [0.4, 0.5) is 9.59 Å². The lowest BCUT2D eigenvalue weighted by Crippen LogP contribution is -2.55. The van der Waals surface area contributed by atoms with Crippen molar-refractivity contribution in [3.63, 3.8) is 0 Å². The van der Waals surface area contributed by atoms with Gasteiger partial charge in [-0.2, -0.15) is 0 Å². The summed E-state index contributed by atoms with van der Waals surface area (Å²) in [5.74, 6) is -0.424. The molecule has 0 aliphatic heterocycles. The summed E-state index contributed by atoms with van der Waals surface area (Å²) in [6.45, 7) is 13.8. The van der Waals surface area contributed by atoms with Gasteiger partial charge in [0, 0.05) is 0 Å². The Hall–Kier alpha value is -2.32. The second kappa shape index (κ2) is 10.9. The summed E-state index contributed by atoms with van der Waals surface area (Å²) in [5.41, 5.74) is -1.47. The molecule has 0 aromatic rings. The third kappa shape index (κ3) is 12.9. The van der Waals surface area contributed by atoms with Crippen LogP contribution in [0, 0.1) is 5.92 Å². The van der Waals surface area contributed by atoms with Crippen molar-refractivity contribution in [1.82, 2.24) is 16.0 Å². The second-order valence-corrected chi connectivity index (χ2v) is 8.96. The Morgan fingerprint density at radius 1 is 0.893 bits per heavy atom. The normalized spacial score (nSPS) is 13.9. The number of hydrogen-bond acceptors (Lipinski definition) is 6. The molecule has 9 heteroatoms. The van der Waals surface area contributed by atoms with Crippen molar-refractivity contribution in [3.8, 4) is 0 Å². The smallest absolute Gasteiger partial charge is 0.408 e. The van der Waals surface area contributed by atoms with Gasteiger partial charge in [0.1, 0.15) is 23.5 Å². The predicted octanol–water partition coefficient (Wildman–Crippen LogP) is 2.13. The van der Waals surface area contributed by atoms with Gasteiger partial charge in [0.15, 0.2) is 0 Å². The highest BCUT2D eigenvalue weighted by Gasteiger charge is 2.27. The minimum atomic E-state index is -1.14. The maximum atomic E-state index is 12.6. The standard InChI is InChI=1S/C19H35N3O6/c1-12(2)9-13(11-23)21-15(24)14(22-17(26)28-19(6,7)8)10-20-16(25)27-18(3,4)5/h11-14H,9-10H2,1-8H3,(H,20,25)(H,21,24)(H,22,26). The molecule has 9 nitrogen and oxygen atoms in total. The summed E-state index contributed by atoms with van der Waals surface area (Å²) in [4.78, 5) is 47.7. The van der Waals surface area contributed by atoms with Gasteiger partial charge in [-0.25, -0.2) is 9.59 Å². The van der Waals surface area contributed by atoms with Gasteiger partial charge < -0.3 is 30.2 Å². The van der Waals surface area contributed by atoms with Crippen LogP contribution in [0.3, 0.4) is 0 Å². The maximum absolute atomic E-state index is 12.6. The molecule has 2 unspecified atom stereocenters. The Morgan fingerprint density at radius 2 is 1.39 bits per heavy atom. The van der Waals surface area contributed by atoms with E-state index in [0.717, 1.165) is 0 Å². The number of carbonyl (C=O) groups excluding carboxylic acids is 4. The Kier molecular flexibility index (Phi) is 9.97. The minimum absolute atomic E-state index is 0.188. The number of hydrogen-bond donors (Lipinski definition) is 3. The molecule has 3 N–H and O–H groups in total. The Bertz CT molecular complexity index is 549. The Balaban J connectivity index is 5.09. The van der Waals surface area contributed by atoms with Crippen molar-refractivity contribution in [2.45, 2.75) is 85.1 Å². The van der Waals surface area contributed by atoms with E-state index < -0.39 is 41.4 Å². The lowest BCUT2D eigenvalue weighted by molar-refractivity contribution is -0.125. The molecule has 0 aromatic carbocycles. The number of ether oxygens (including phenoxy) is 2. The van der Waals surface area contributed by atoms with Crippen molar-refractivity contribution in [3.05, 3.63) is 0 Å². The van der Waals surface area contributed by atoms with E-state index in [1.54, 1.807) is 41.5 Å². The zero-order chi connectivity index (χ0) is 22.1. The molecule has 0 aliphatic rings. The molecule has 28 heavy (non-hydrogen) atoms. The topological polar surface area (TPSA) is 123 Å². The third-order valence-electron chi connectivity index (χ3n) is 3.07. The highest BCUT2D eigenvalue weighted by atomic mass is 16.6. The quantitative estimate of drug-likeness (QED) is 0.536. The molecule has 0 bridgehead atoms. The van der Waals surface area contributed by atoms with Crippen LogP contribution >= 0.6 is 0 Å². The highest BCUT2D eigenvalue weighted by Crippen LogP contribution is 2.08. The van der Waals surface area contributed by atoms with Crippen LogP contribution < -0.4 is 16.0 Å². The van der Waals surface area contributed by atoms with Gasteiger partial charge in [-0.3, -0.25) is 4.79 Å². The monoisotopic (exact) mass is 401 g/mol. The molecule has 0 heterocycles. The fourth-order valence-electron chi connectivity index (χ4n) is 2.10. The lowest BCUT2D eigenvalue weighted by atomic mass is 10.0. The van der Waals surface area contributed by atoms with E-state index in [2.05, 4.69) is 16.0 Å². The van der Waals surface area contributed by atoms with Crippen LogP contribution in [-0.4, -0.2) is 54.2 Å². The van der Waals surface area contributed by atoms with Crippen molar-refractivity contribution < 1.29 is 28.7 Å². The third-order valence-corrected chi connectivity index (χ3v) is 3.07. The number of amides is 3. The fraction of sp³-hybridized carbons (Fsp3) is 0.789. The number of nitrogens with one attached hydrogen (secondary N) is 3.